The number of hydrogen-bond donors (Lipinski definition) is 2. The predicted octanol–water partition coefficient (Wildman–Crippen LogP) is 2.51. The molecule has 1 rings (SSSR count). The molecule has 0 bridgehead atoms. The van der Waals surface area contributed by atoms with Gasteiger partial charge in [-0.15, -0.1) is 11.3 Å². The molecule has 94 valence electrons. The topological polar surface area (TPSA) is 50.4 Å². The number of rotatable bonds is 5. The SMILES string of the molecule is C=C(C)CNC(N)=NCC(C)(C)c1cccs1. The number of nitrogens with zero attached hydrogens (tertiary/aromatic N) is 1. The number of nitrogens with one attached hydrogen (secondary N) is 1. The van der Waals surface area contributed by atoms with Crippen LogP contribution in [0.2, 0.25) is 0 Å². The minimum Gasteiger partial charge on any atom is -0.370 e. The third kappa shape index (κ3) is 4.61. The Balaban J connectivity index is 2.54. The molecule has 0 spiro atoms. The fraction of sp³-hybridized carbons (Fsp3) is 0.462. The van der Waals surface area contributed by atoms with Crippen LogP contribution in [-0.4, -0.2) is 19.0 Å². The summed E-state index contributed by atoms with van der Waals surface area (Å²) in [7, 11) is 0. The molecule has 1 heterocycles. The molecule has 4 heteroatoms. The van der Waals surface area contributed by atoms with Gasteiger partial charge >= 0.3 is 0 Å². The van der Waals surface area contributed by atoms with Gasteiger partial charge in [-0.1, -0.05) is 32.1 Å². The van der Waals surface area contributed by atoms with Crippen LogP contribution in [0, 0.1) is 0 Å². The van der Waals surface area contributed by atoms with Gasteiger partial charge in [0.05, 0.1) is 6.54 Å². The lowest BCUT2D eigenvalue weighted by atomic mass is 9.92. The molecule has 17 heavy (non-hydrogen) atoms. The number of guanidine groups is 1. The summed E-state index contributed by atoms with van der Waals surface area (Å²) in [4.78, 5) is 5.70. The maximum atomic E-state index is 5.78. The number of nitrogens with two attached hydrogens (primary N) is 1. The molecule has 0 aliphatic rings. The van der Waals surface area contributed by atoms with Crippen LogP contribution >= 0.6 is 11.3 Å². The second-order valence-electron chi connectivity index (χ2n) is 4.87. The van der Waals surface area contributed by atoms with E-state index in [1.807, 2.05) is 6.92 Å². The van der Waals surface area contributed by atoms with Crippen molar-refractivity contribution in [3.05, 3.63) is 34.5 Å². The summed E-state index contributed by atoms with van der Waals surface area (Å²) in [6.45, 7) is 11.5. The molecule has 0 atom stereocenters. The van der Waals surface area contributed by atoms with E-state index in [-0.39, 0.29) is 5.41 Å². The van der Waals surface area contributed by atoms with Gasteiger partial charge in [0.15, 0.2) is 5.96 Å². The first-order valence-electron chi connectivity index (χ1n) is 5.64. The van der Waals surface area contributed by atoms with Gasteiger partial charge in [-0.3, -0.25) is 4.99 Å². The molecule has 1 aromatic heterocycles. The molecule has 0 amide bonds. The van der Waals surface area contributed by atoms with Crippen LogP contribution in [0.3, 0.4) is 0 Å². The van der Waals surface area contributed by atoms with E-state index in [0.29, 0.717) is 19.0 Å². The Morgan fingerprint density at radius 3 is 2.82 bits per heavy atom. The molecule has 3 N–H and O–H groups in total. The largest absolute Gasteiger partial charge is 0.370 e. The third-order valence-electron chi connectivity index (χ3n) is 2.40. The Bertz CT molecular complexity index is 391. The first-order chi connectivity index (χ1) is 7.92. The second kappa shape index (κ2) is 5.87. The zero-order valence-corrected chi connectivity index (χ0v) is 11.6. The van der Waals surface area contributed by atoms with Gasteiger partial charge in [-0.05, 0) is 18.4 Å². The van der Waals surface area contributed by atoms with Crippen LogP contribution in [0.4, 0.5) is 0 Å². The van der Waals surface area contributed by atoms with Crippen molar-refractivity contribution in [2.45, 2.75) is 26.2 Å². The Labute approximate surface area is 107 Å². The van der Waals surface area contributed by atoms with Gasteiger partial charge in [0, 0.05) is 16.8 Å². The van der Waals surface area contributed by atoms with E-state index in [4.69, 9.17) is 5.73 Å². The van der Waals surface area contributed by atoms with E-state index in [1.54, 1.807) is 11.3 Å². The van der Waals surface area contributed by atoms with E-state index in [1.165, 1.54) is 4.88 Å². The zero-order valence-electron chi connectivity index (χ0n) is 10.8. The number of hydrogen-bond acceptors (Lipinski definition) is 2. The lowest BCUT2D eigenvalue weighted by molar-refractivity contribution is 0.550. The molecular weight excluding hydrogens is 230 g/mol. The maximum Gasteiger partial charge on any atom is 0.188 e. The van der Waals surface area contributed by atoms with Crippen LogP contribution in [0.25, 0.3) is 0 Å². The van der Waals surface area contributed by atoms with Crippen LogP contribution in [0.5, 0.6) is 0 Å². The highest BCUT2D eigenvalue weighted by molar-refractivity contribution is 7.10. The van der Waals surface area contributed by atoms with Gasteiger partial charge in [-0.25, -0.2) is 0 Å². The number of thiophene rings is 1. The first kappa shape index (κ1) is 13.8. The smallest absolute Gasteiger partial charge is 0.188 e. The summed E-state index contributed by atoms with van der Waals surface area (Å²) in [5.41, 5.74) is 6.86. The Morgan fingerprint density at radius 2 is 2.29 bits per heavy atom. The average Bonchev–Trinajstić information content (AvgIpc) is 2.77. The van der Waals surface area contributed by atoms with Gasteiger partial charge in [0.25, 0.3) is 0 Å². The molecule has 3 nitrogen and oxygen atoms in total. The molecule has 1 aromatic rings. The molecule has 0 aliphatic heterocycles. The lowest BCUT2D eigenvalue weighted by Gasteiger charge is -2.21. The Morgan fingerprint density at radius 1 is 1.59 bits per heavy atom. The average molecular weight is 251 g/mol. The number of aliphatic imine (C=N–C) groups is 1. The van der Waals surface area contributed by atoms with Crippen molar-refractivity contribution in [1.82, 2.24) is 5.32 Å². The fourth-order valence-corrected chi connectivity index (χ4v) is 2.17. The summed E-state index contributed by atoms with van der Waals surface area (Å²) in [5, 5.41) is 5.12. The fourth-order valence-electron chi connectivity index (χ4n) is 1.32. The second-order valence-corrected chi connectivity index (χ2v) is 5.82. The van der Waals surface area contributed by atoms with Crippen LogP contribution < -0.4 is 11.1 Å². The van der Waals surface area contributed by atoms with Crippen LogP contribution in [0.1, 0.15) is 25.6 Å². The minimum atomic E-state index is 0.0314. The Hall–Kier alpha value is -1.29. The van der Waals surface area contributed by atoms with Crippen molar-refractivity contribution in [3.63, 3.8) is 0 Å². The normalized spacial score (nSPS) is 12.5. The highest BCUT2D eigenvalue weighted by Gasteiger charge is 2.21. The third-order valence-corrected chi connectivity index (χ3v) is 3.64. The van der Waals surface area contributed by atoms with E-state index < -0.39 is 0 Å². The van der Waals surface area contributed by atoms with E-state index in [9.17, 15) is 0 Å². The summed E-state index contributed by atoms with van der Waals surface area (Å²) in [6.07, 6.45) is 0. The minimum absolute atomic E-state index is 0.0314. The van der Waals surface area contributed by atoms with Crippen LogP contribution in [-0.2, 0) is 5.41 Å². The Kier molecular flexibility index (Phi) is 4.75. The quantitative estimate of drug-likeness (QED) is 0.480. The molecule has 0 unspecified atom stereocenters. The summed E-state index contributed by atoms with van der Waals surface area (Å²) in [5.74, 6) is 0.484. The first-order valence-corrected chi connectivity index (χ1v) is 6.52. The summed E-state index contributed by atoms with van der Waals surface area (Å²) in [6, 6.07) is 4.20. The van der Waals surface area contributed by atoms with Crippen molar-refractivity contribution in [3.8, 4) is 0 Å². The molecule has 0 saturated carbocycles. The van der Waals surface area contributed by atoms with Gasteiger partial charge in [0.2, 0.25) is 0 Å². The zero-order chi connectivity index (χ0) is 12.9. The summed E-state index contributed by atoms with van der Waals surface area (Å²) >= 11 is 1.76. The van der Waals surface area contributed by atoms with Crippen molar-refractivity contribution >= 4 is 17.3 Å². The van der Waals surface area contributed by atoms with E-state index >= 15 is 0 Å². The molecule has 0 saturated heterocycles. The lowest BCUT2D eigenvalue weighted by Crippen LogP contribution is -2.34. The van der Waals surface area contributed by atoms with Gasteiger partial charge < -0.3 is 11.1 Å². The summed E-state index contributed by atoms with van der Waals surface area (Å²) < 4.78 is 0. The van der Waals surface area contributed by atoms with Gasteiger partial charge in [-0.2, -0.15) is 0 Å². The van der Waals surface area contributed by atoms with Crippen molar-refractivity contribution in [2.24, 2.45) is 10.7 Å². The van der Waals surface area contributed by atoms with E-state index in [2.05, 4.69) is 48.2 Å². The molecule has 0 radical (unpaired) electrons. The van der Waals surface area contributed by atoms with Crippen molar-refractivity contribution < 1.29 is 0 Å². The van der Waals surface area contributed by atoms with Crippen molar-refractivity contribution in [1.29, 1.82) is 0 Å². The monoisotopic (exact) mass is 251 g/mol. The molecule has 0 aromatic carbocycles. The molecule has 0 aliphatic carbocycles. The molecular formula is C13H21N3S. The van der Waals surface area contributed by atoms with E-state index in [0.717, 1.165) is 5.57 Å². The molecule has 0 fully saturated rings. The van der Waals surface area contributed by atoms with Crippen molar-refractivity contribution in [2.75, 3.05) is 13.1 Å². The highest BCUT2D eigenvalue weighted by atomic mass is 32.1. The maximum absolute atomic E-state index is 5.78. The van der Waals surface area contributed by atoms with Crippen LogP contribution in [0.15, 0.2) is 34.7 Å². The van der Waals surface area contributed by atoms with Gasteiger partial charge in [0.1, 0.15) is 0 Å². The highest BCUT2D eigenvalue weighted by Crippen LogP contribution is 2.27. The standard InChI is InChI=1S/C13H21N3S/c1-10(2)8-15-12(14)16-9-13(3,4)11-6-5-7-17-11/h5-7H,1,8-9H2,2-4H3,(H3,14,15,16). The predicted molar refractivity (Wildman–Crippen MR) is 76.7 cm³/mol.